The summed E-state index contributed by atoms with van der Waals surface area (Å²) < 4.78 is 0. The van der Waals surface area contributed by atoms with Crippen molar-refractivity contribution in [2.24, 2.45) is 10.2 Å². The monoisotopic (exact) mass is 322 g/mol. The standard InChI is InChI=1S/C13H18N6S2/c1-4-11(20)17-16-9(2)12(18-19-13(21)14-3)10-6-5-7-15-8-10/h5-8H,4H2,1-3H3,(H,17,20)(H2,14,19,21). The van der Waals surface area contributed by atoms with Crippen LogP contribution in [0.1, 0.15) is 25.8 Å². The van der Waals surface area contributed by atoms with Crippen LogP contribution in [0.4, 0.5) is 0 Å². The second kappa shape index (κ2) is 9.09. The highest BCUT2D eigenvalue weighted by Crippen LogP contribution is 2.01. The fourth-order valence-corrected chi connectivity index (χ4v) is 1.39. The van der Waals surface area contributed by atoms with E-state index < -0.39 is 0 Å². The summed E-state index contributed by atoms with van der Waals surface area (Å²) in [6, 6.07) is 3.73. The third-order valence-corrected chi connectivity index (χ3v) is 3.12. The van der Waals surface area contributed by atoms with E-state index in [4.69, 9.17) is 24.4 Å². The normalized spacial score (nSPS) is 11.8. The molecule has 0 aliphatic carbocycles. The van der Waals surface area contributed by atoms with Crippen molar-refractivity contribution in [1.29, 1.82) is 0 Å². The first-order chi connectivity index (χ1) is 10.1. The molecular weight excluding hydrogens is 304 g/mol. The van der Waals surface area contributed by atoms with Gasteiger partial charge in [0.2, 0.25) is 0 Å². The highest BCUT2D eigenvalue weighted by molar-refractivity contribution is 7.80. The molecule has 0 saturated heterocycles. The third-order valence-electron chi connectivity index (χ3n) is 2.44. The van der Waals surface area contributed by atoms with Crippen LogP contribution in [-0.2, 0) is 0 Å². The topological polar surface area (TPSA) is 73.7 Å². The first-order valence-electron chi connectivity index (χ1n) is 6.37. The Morgan fingerprint density at radius 3 is 2.62 bits per heavy atom. The molecule has 0 radical (unpaired) electrons. The molecule has 0 atom stereocenters. The number of nitrogens with zero attached hydrogens (tertiary/aromatic N) is 3. The summed E-state index contributed by atoms with van der Waals surface area (Å²) in [6.45, 7) is 3.80. The summed E-state index contributed by atoms with van der Waals surface area (Å²) in [5.41, 5.74) is 7.71. The molecule has 1 rings (SSSR count). The van der Waals surface area contributed by atoms with Crippen molar-refractivity contribution in [3.8, 4) is 0 Å². The Morgan fingerprint density at radius 2 is 2.05 bits per heavy atom. The Bertz CT molecular complexity index is 553. The van der Waals surface area contributed by atoms with Gasteiger partial charge in [0, 0.05) is 25.0 Å². The van der Waals surface area contributed by atoms with Crippen LogP contribution in [-0.4, -0.2) is 33.6 Å². The summed E-state index contributed by atoms with van der Waals surface area (Å²) in [4.78, 5) is 4.75. The van der Waals surface area contributed by atoms with Crippen LogP contribution in [0, 0.1) is 0 Å². The van der Waals surface area contributed by atoms with Crippen molar-refractivity contribution in [3.05, 3.63) is 30.1 Å². The number of nitrogens with one attached hydrogen (secondary N) is 3. The highest BCUT2D eigenvalue weighted by atomic mass is 32.1. The Morgan fingerprint density at radius 1 is 1.29 bits per heavy atom. The van der Waals surface area contributed by atoms with Crippen molar-refractivity contribution in [3.63, 3.8) is 0 Å². The molecule has 0 aliphatic rings. The van der Waals surface area contributed by atoms with Gasteiger partial charge in [-0.1, -0.05) is 19.1 Å². The molecule has 21 heavy (non-hydrogen) atoms. The fourth-order valence-electron chi connectivity index (χ4n) is 1.30. The van der Waals surface area contributed by atoms with E-state index in [-0.39, 0.29) is 0 Å². The van der Waals surface area contributed by atoms with E-state index in [1.165, 1.54) is 0 Å². The predicted molar refractivity (Wildman–Crippen MR) is 94.7 cm³/mol. The molecule has 0 spiro atoms. The third kappa shape index (κ3) is 5.92. The molecule has 0 aliphatic heterocycles. The summed E-state index contributed by atoms with van der Waals surface area (Å²) in [6.07, 6.45) is 4.14. The minimum absolute atomic E-state index is 0.418. The van der Waals surface area contributed by atoms with E-state index in [0.717, 1.165) is 12.0 Å². The van der Waals surface area contributed by atoms with Crippen LogP contribution in [0.3, 0.4) is 0 Å². The van der Waals surface area contributed by atoms with Gasteiger partial charge in [0.1, 0.15) is 5.71 Å². The van der Waals surface area contributed by atoms with Gasteiger partial charge in [0.05, 0.1) is 10.7 Å². The molecule has 0 fully saturated rings. The predicted octanol–water partition coefficient (Wildman–Crippen LogP) is 1.58. The number of rotatable bonds is 5. The zero-order valence-corrected chi connectivity index (χ0v) is 13.8. The number of pyridine rings is 1. The lowest BCUT2D eigenvalue weighted by Crippen LogP contribution is -2.31. The Labute approximate surface area is 135 Å². The van der Waals surface area contributed by atoms with Gasteiger partial charge in [-0.05, 0) is 37.7 Å². The zero-order valence-electron chi connectivity index (χ0n) is 12.2. The lowest BCUT2D eigenvalue weighted by Gasteiger charge is -2.08. The summed E-state index contributed by atoms with van der Waals surface area (Å²) in [7, 11) is 1.72. The van der Waals surface area contributed by atoms with Gasteiger partial charge >= 0.3 is 0 Å². The van der Waals surface area contributed by atoms with Crippen molar-refractivity contribution >= 4 is 46.0 Å². The molecule has 0 aromatic carbocycles. The lowest BCUT2D eigenvalue weighted by molar-refractivity contribution is 0.973. The minimum Gasteiger partial charge on any atom is -0.364 e. The fraction of sp³-hybridized carbons (Fsp3) is 0.308. The van der Waals surface area contributed by atoms with Crippen molar-refractivity contribution < 1.29 is 0 Å². The van der Waals surface area contributed by atoms with Gasteiger partial charge in [-0.25, -0.2) is 0 Å². The maximum absolute atomic E-state index is 5.09. The largest absolute Gasteiger partial charge is 0.364 e. The molecule has 1 aromatic heterocycles. The first-order valence-corrected chi connectivity index (χ1v) is 7.19. The number of hydrazone groups is 2. The van der Waals surface area contributed by atoms with E-state index >= 15 is 0 Å². The van der Waals surface area contributed by atoms with Crippen molar-refractivity contribution in [2.75, 3.05) is 7.05 Å². The van der Waals surface area contributed by atoms with Gasteiger partial charge in [-0.3, -0.25) is 15.8 Å². The molecule has 0 bridgehead atoms. The van der Waals surface area contributed by atoms with Gasteiger partial charge in [-0.15, -0.1) is 0 Å². The SMILES string of the molecule is CCC(=S)NN=C(C)C(=NNC(=S)NC)c1cccnc1. The molecule has 6 nitrogen and oxygen atoms in total. The lowest BCUT2D eigenvalue weighted by atomic mass is 10.1. The van der Waals surface area contributed by atoms with Crippen molar-refractivity contribution in [2.45, 2.75) is 20.3 Å². The average molecular weight is 322 g/mol. The van der Waals surface area contributed by atoms with E-state index in [1.807, 2.05) is 26.0 Å². The zero-order chi connectivity index (χ0) is 15.7. The van der Waals surface area contributed by atoms with Crippen LogP contribution in [0.5, 0.6) is 0 Å². The average Bonchev–Trinajstić information content (AvgIpc) is 2.53. The molecule has 0 saturated carbocycles. The summed E-state index contributed by atoms with van der Waals surface area (Å²) in [5.74, 6) is 0. The second-order valence-electron chi connectivity index (χ2n) is 3.98. The van der Waals surface area contributed by atoms with Gasteiger partial charge in [0.25, 0.3) is 0 Å². The van der Waals surface area contributed by atoms with Crippen LogP contribution >= 0.6 is 24.4 Å². The van der Waals surface area contributed by atoms with Gasteiger partial charge in [0.15, 0.2) is 5.11 Å². The van der Waals surface area contributed by atoms with E-state index in [1.54, 1.807) is 19.4 Å². The van der Waals surface area contributed by atoms with Gasteiger partial charge < -0.3 is 5.32 Å². The van der Waals surface area contributed by atoms with Crippen molar-refractivity contribution in [1.82, 2.24) is 21.2 Å². The Kier molecular flexibility index (Phi) is 7.41. The quantitative estimate of drug-likeness (QED) is 0.434. The van der Waals surface area contributed by atoms with Crippen LogP contribution in [0.2, 0.25) is 0 Å². The highest BCUT2D eigenvalue weighted by Gasteiger charge is 2.09. The Hall–Kier alpha value is -1.93. The smallest absolute Gasteiger partial charge is 0.186 e. The van der Waals surface area contributed by atoms with E-state index in [2.05, 4.69) is 31.4 Å². The Balaban J connectivity index is 3.02. The van der Waals surface area contributed by atoms with E-state index in [9.17, 15) is 0 Å². The maximum Gasteiger partial charge on any atom is 0.186 e. The molecule has 8 heteroatoms. The van der Waals surface area contributed by atoms with Gasteiger partial charge in [-0.2, -0.15) is 10.2 Å². The molecule has 1 aromatic rings. The molecule has 3 N–H and O–H groups in total. The molecule has 0 amide bonds. The van der Waals surface area contributed by atoms with Crippen LogP contribution in [0.25, 0.3) is 0 Å². The number of thiocarbonyl (C=S) groups is 2. The minimum atomic E-state index is 0.418. The second-order valence-corrected chi connectivity index (χ2v) is 4.88. The number of aromatic nitrogens is 1. The molecule has 0 unspecified atom stereocenters. The molecule has 112 valence electrons. The summed E-state index contributed by atoms with van der Waals surface area (Å²) in [5, 5.41) is 11.7. The number of hydrogen-bond donors (Lipinski definition) is 3. The summed E-state index contributed by atoms with van der Waals surface area (Å²) >= 11 is 10.1. The maximum atomic E-state index is 5.09. The van der Waals surface area contributed by atoms with Crippen LogP contribution in [0.15, 0.2) is 34.7 Å². The molecular formula is C13H18N6S2. The number of hydrogen-bond acceptors (Lipinski definition) is 5. The van der Waals surface area contributed by atoms with E-state index in [0.29, 0.717) is 21.5 Å². The molecule has 1 heterocycles. The first kappa shape index (κ1) is 17.1. The van der Waals surface area contributed by atoms with Crippen LogP contribution < -0.4 is 16.2 Å².